The van der Waals surface area contributed by atoms with Gasteiger partial charge in [-0.3, -0.25) is 9.69 Å². The molecule has 92 valence electrons. The highest BCUT2D eigenvalue weighted by Gasteiger charge is 2.26. The number of rotatable bonds is 4. The monoisotopic (exact) mass is 225 g/mol. The van der Waals surface area contributed by atoms with Crippen LogP contribution >= 0.6 is 0 Å². The van der Waals surface area contributed by atoms with Crippen LogP contribution in [0, 0.1) is 5.92 Å². The molecular formula is C12H23N3O. The summed E-state index contributed by atoms with van der Waals surface area (Å²) in [4.78, 5) is 13.8. The molecule has 1 aliphatic heterocycles. The summed E-state index contributed by atoms with van der Waals surface area (Å²) in [7, 11) is 0. The number of carbonyl (C=O) groups excluding carboxylic acids is 1. The molecule has 16 heavy (non-hydrogen) atoms. The number of nitrogens with two attached hydrogens (primary N) is 1. The van der Waals surface area contributed by atoms with Gasteiger partial charge in [0.15, 0.2) is 0 Å². The van der Waals surface area contributed by atoms with Gasteiger partial charge in [-0.05, 0) is 51.6 Å². The van der Waals surface area contributed by atoms with Crippen LogP contribution in [0.1, 0.15) is 32.6 Å². The highest BCUT2D eigenvalue weighted by Crippen LogP contribution is 2.20. The molecule has 1 aliphatic carbocycles. The molecule has 1 unspecified atom stereocenters. The first-order chi connectivity index (χ1) is 7.65. The van der Waals surface area contributed by atoms with E-state index in [1.165, 1.54) is 12.8 Å². The Hall–Kier alpha value is -0.610. The Morgan fingerprint density at radius 3 is 2.50 bits per heavy atom. The molecule has 1 atom stereocenters. The van der Waals surface area contributed by atoms with Crippen LogP contribution in [0.3, 0.4) is 0 Å². The van der Waals surface area contributed by atoms with Crippen molar-refractivity contribution in [3.8, 4) is 0 Å². The predicted octanol–water partition coefficient (Wildman–Crippen LogP) is 0.324. The summed E-state index contributed by atoms with van der Waals surface area (Å²) >= 11 is 0. The van der Waals surface area contributed by atoms with Crippen LogP contribution in [-0.2, 0) is 4.79 Å². The Bertz CT molecular complexity index is 243. The van der Waals surface area contributed by atoms with Gasteiger partial charge in [-0.2, -0.15) is 0 Å². The van der Waals surface area contributed by atoms with Crippen molar-refractivity contribution in [1.82, 2.24) is 10.2 Å². The van der Waals surface area contributed by atoms with Crippen molar-refractivity contribution >= 4 is 5.91 Å². The second kappa shape index (κ2) is 5.15. The largest absolute Gasteiger partial charge is 0.352 e. The van der Waals surface area contributed by atoms with Gasteiger partial charge >= 0.3 is 0 Å². The van der Waals surface area contributed by atoms with Crippen LogP contribution < -0.4 is 11.1 Å². The van der Waals surface area contributed by atoms with Crippen molar-refractivity contribution in [2.75, 3.05) is 19.6 Å². The summed E-state index contributed by atoms with van der Waals surface area (Å²) in [5, 5.41) is 3.03. The molecular weight excluding hydrogens is 202 g/mol. The molecule has 0 aromatic carbocycles. The molecule has 1 heterocycles. The minimum absolute atomic E-state index is 0.196. The topological polar surface area (TPSA) is 58.4 Å². The van der Waals surface area contributed by atoms with Crippen LogP contribution in [0.15, 0.2) is 0 Å². The highest BCUT2D eigenvalue weighted by atomic mass is 16.2. The van der Waals surface area contributed by atoms with Crippen molar-refractivity contribution in [3.63, 3.8) is 0 Å². The van der Waals surface area contributed by atoms with E-state index in [0.29, 0.717) is 24.5 Å². The third kappa shape index (κ3) is 3.46. The Labute approximate surface area is 97.6 Å². The molecule has 1 amide bonds. The predicted molar refractivity (Wildman–Crippen MR) is 64.0 cm³/mol. The van der Waals surface area contributed by atoms with Gasteiger partial charge in [-0.1, -0.05) is 0 Å². The maximum Gasteiger partial charge on any atom is 0.234 e. The van der Waals surface area contributed by atoms with E-state index in [1.54, 1.807) is 0 Å². The minimum Gasteiger partial charge on any atom is -0.352 e. The Morgan fingerprint density at radius 1 is 1.38 bits per heavy atom. The summed E-state index contributed by atoms with van der Waals surface area (Å²) in [6.07, 6.45) is 4.60. The first kappa shape index (κ1) is 11.9. The molecule has 2 rings (SSSR count). The first-order valence-corrected chi connectivity index (χ1v) is 6.42. The lowest BCUT2D eigenvalue weighted by Crippen LogP contribution is -2.44. The van der Waals surface area contributed by atoms with E-state index in [0.717, 1.165) is 25.9 Å². The summed E-state index contributed by atoms with van der Waals surface area (Å²) in [5.74, 6) is 0.837. The number of carbonyl (C=O) groups is 1. The molecule has 0 aromatic heterocycles. The van der Waals surface area contributed by atoms with E-state index in [1.807, 2.05) is 0 Å². The van der Waals surface area contributed by atoms with E-state index in [4.69, 9.17) is 5.73 Å². The van der Waals surface area contributed by atoms with Gasteiger partial charge in [0.1, 0.15) is 0 Å². The molecule has 4 heteroatoms. The smallest absolute Gasteiger partial charge is 0.234 e. The van der Waals surface area contributed by atoms with E-state index in [9.17, 15) is 4.79 Å². The van der Waals surface area contributed by atoms with Crippen LogP contribution in [0.25, 0.3) is 0 Å². The van der Waals surface area contributed by atoms with Crippen molar-refractivity contribution in [2.24, 2.45) is 11.7 Å². The van der Waals surface area contributed by atoms with Crippen LogP contribution in [0.2, 0.25) is 0 Å². The number of amides is 1. The summed E-state index contributed by atoms with van der Waals surface area (Å²) in [6.45, 7) is 4.69. The molecule has 0 radical (unpaired) electrons. The van der Waals surface area contributed by atoms with Gasteiger partial charge in [0.25, 0.3) is 0 Å². The Balaban J connectivity index is 1.66. The lowest BCUT2D eigenvalue weighted by Gasteiger charge is -2.33. The Kier molecular flexibility index (Phi) is 3.82. The fourth-order valence-corrected chi connectivity index (χ4v) is 2.34. The highest BCUT2D eigenvalue weighted by molar-refractivity contribution is 5.78. The number of likely N-dealkylation sites (tertiary alicyclic amines) is 1. The quantitative estimate of drug-likeness (QED) is 0.724. The average molecular weight is 225 g/mol. The molecule has 4 nitrogen and oxygen atoms in total. The van der Waals surface area contributed by atoms with Crippen molar-refractivity contribution < 1.29 is 4.79 Å². The summed E-state index contributed by atoms with van der Waals surface area (Å²) in [5.41, 5.74) is 5.89. The molecule has 3 N–H and O–H groups in total. The number of nitrogens with one attached hydrogen (secondary N) is 1. The van der Waals surface area contributed by atoms with Crippen molar-refractivity contribution in [2.45, 2.75) is 44.7 Å². The SMILES string of the molecule is CC(N)C1CCN(CC(=O)NC2CC2)CC1. The van der Waals surface area contributed by atoms with E-state index in [2.05, 4.69) is 17.1 Å². The van der Waals surface area contributed by atoms with Crippen LogP contribution in [0.5, 0.6) is 0 Å². The summed E-state index contributed by atoms with van der Waals surface area (Å²) in [6, 6.07) is 0.775. The number of piperidine rings is 1. The number of hydrogen-bond acceptors (Lipinski definition) is 3. The van der Waals surface area contributed by atoms with E-state index in [-0.39, 0.29) is 5.91 Å². The van der Waals surface area contributed by atoms with Crippen LogP contribution in [-0.4, -0.2) is 42.5 Å². The lowest BCUT2D eigenvalue weighted by molar-refractivity contribution is -0.122. The van der Waals surface area contributed by atoms with Crippen molar-refractivity contribution in [3.05, 3.63) is 0 Å². The van der Waals surface area contributed by atoms with Gasteiger partial charge in [0.05, 0.1) is 6.54 Å². The molecule has 2 aliphatic rings. The third-order valence-electron chi connectivity index (χ3n) is 3.69. The first-order valence-electron chi connectivity index (χ1n) is 6.42. The normalized spacial score (nSPS) is 25.4. The molecule has 1 saturated heterocycles. The van der Waals surface area contributed by atoms with Gasteiger partial charge in [-0.15, -0.1) is 0 Å². The molecule has 1 saturated carbocycles. The standard InChI is InChI=1S/C12H23N3O/c1-9(13)10-4-6-15(7-5-10)8-12(16)14-11-2-3-11/h9-11H,2-8,13H2,1H3,(H,14,16). The molecule has 0 aromatic rings. The lowest BCUT2D eigenvalue weighted by atomic mass is 9.91. The Morgan fingerprint density at radius 2 is 2.00 bits per heavy atom. The molecule has 0 spiro atoms. The molecule has 0 bridgehead atoms. The average Bonchev–Trinajstić information content (AvgIpc) is 3.02. The van der Waals surface area contributed by atoms with E-state index >= 15 is 0 Å². The fourth-order valence-electron chi connectivity index (χ4n) is 2.34. The summed E-state index contributed by atoms with van der Waals surface area (Å²) < 4.78 is 0. The van der Waals surface area contributed by atoms with Gasteiger partial charge in [0.2, 0.25) is 5.91 Å². The number of hydrogen-bond donors (Lipinski definition) is 2. The third-order valence-corrected chi connectivity index (χ3v) is 3.69. The van der Waals surface area contributed by atoms with Gasteiger partial charge in [-0.25, -0.2) is 0 Å². The zero-order valence-corrected chi connectivity index (χ0v) is 10.1. The zero-order valence-electron chi connectivity index (χ0n) is 10.1. The minimum atomic E-state index is 0.196. The van der Waals surface area contributed by atoms with Gasteiger partial charge in [0, 0.05) is 12.1 Å². The second-order valence-corrected chi connectivity index (χ2v) is 5.31. The second-order valence-electron chi connectivity index (χ2n) is 5.31. The maximum absolute atomic E-state index is 11.6. The maximum atomic E-state index is 11.6. The van der Waals surface area contributed by atoms with E-state index < -0.39 is 0 Å². The fraction of sp³-hybridized carbons (Fsp3) is 0.917. The molecule has 2 fully saturated rings. The zero-order chi connectivity index (χ0) is 11.5. The van der Waals surface area contributed by atoms with Crippen LogP contribution in [0.4, 0.5) is 0 Å². The van der Waals surface area contributed by atoms with Crippen molar-refractivity contribution in [1.29, 1.82) is 0 Å². The number of nitrogens with zero attached hydrogens (tertiary/aromatic N) is 1. The van der Waals surface area contributed by atoms with Gasteiger partial charge < -0.3 is 11.1 Å².